The molecule has 0 spiro atoms. The van der Waals surface area contributed by atoms with Crippen molar-refractivity contribution in [2.24, 2.45) is 5.92 Å². The maximum Gasteiger partial charge on any atom is 0.255 e. The molecule has 3 heterocycles. The molecule has 138 valence electrons. The lowest BCUT2D eigenvalue weighted by Crippen LogP contribution is -2.43. The Morgan fingerprint density at radius 1 is 1.11 bits per heavy atom. The SMILES string of the molecule is O=C(NCC1CCCN(C(=O)c2ccc3nccn3c2)C1)c1ccccc1. The summed E-state index contributed by atoms with van der Waals surface area (Å²) in [5.74, 6) is 0.238. The Morgan fingerprint density at radius 2 is 1.96 bits per heavy atom. The molecule has 6 heteroatoms. The molecule has 27 heavy (non-hydrogen) atoms. The molecule has 1 aliphatic heterocycles. The fourth-order valence-electron chi connectivity index (χ4n) is 3.57. The molecule has 2 aromatic heterocycles. The van der Waals surface area contributed by atoms with Crippen molar-refractivity contribution in [2.75, 3.05) is 19.6 Å². The predicted octanol–water partition coefficient (Wildman–Crippen LogP) is 2.62. The number of imidazole rings is 1. The smallest absolute Gasteiger partial charge is 0.255 e. The molecule has 0 saturated carbocycles. The second kappa shape index (κ2) is 7.61. The Labute approximate surface area is 157 Å². The Morgan fingerprint density at radius 3 is 2.81 bits per heavy atom. The number of hydrogen-bond donors (Lipinski definition) is 1. The maximum atomic E-state index is 12.9. The van der Waals surface area contributed by atoms with E-state index in [1.165, 1.54) is 0 Å². The highest BCUT2D eigenvalue weighted by Gasteiger charge is 2.25. The molecular weight excluding hydrogens is 340 g/mol. The Hall–Kier alpha value is -3.15. The molecule has 6 nitrogen and oxygen atoms in total. The van der Waals surface area contributed by atoms with Crippen molar-refractivity contribution in [3.63, 3.8) is 0 Å². The molecule has 0 bridgehead atoms. The average Bonchev–Trinajstić information content (AvgIpc) is 3.20. The van der Waals surface area contributed by atoms with E-state index >= 15 is 0 Å². The summed E-state index contributed by atoms with van der Waals surface area (Å²) in [5.41, 5.74) is 2.15. The number of likely N-dealkylation sites (tertiary alicyclic amines) is 1. The van der Waals surface area contributed by atoms with Crippen LogP contribution in [0.1, 0.15) is 33.6 Å². The fraction of sp³-hybridized carbons (Fsp3) is 0.286. The van der Waals surface area contributed by atoms with Crippen LogP contribution >= 0.6 is 0 Å². The van der Waals surface area contributed by atoms with Crippen molar-refractivity contribution in [3.8, 4) is 0 Å². The van der Waals surface area contributed by atoms with Gasteiger partial charge in [-0.2, -0.15) is 0 Å². The van der Waals surface area contributed by atoms with Gasteiger partial charge >= 0.3 is 0 Å². The van der Waals surface area contributed by atoms with E-state index in [1.54, 1.807) is 18.3 Å². The van der Waals surface area contributed by atoms with Crippen molar-refractivity contribution in [2.45, 2.75) is 12.8 Å². The standard InChI is InChI=1S/C21H22N4O2/c26-20(17-6-2-1-3-7-17)23-13-16-5-4-11-25(14-16)21(27)18-8-9-19-22-10-12-24(19)15-18/h1-3,6-10,12,15-16H,4-5,11,13-14H2,(H,23,26). The first kappa shape index (κ1) is 17.3. The first-order valence-electron chi connectivity index (χ1n) is 9.26. The zero-order chi connectivity index (χ0) is 18.6. The molecule has 1 N–H and O–H groups in total. The quantitative estimate of drug-likeness (QED) is 0.776. The van der Waals surface area contributed by atoms with Gasteiger partial charge in [-0.15, -0.1) is 0 Å². The van der Waals surface area contributed by atoms with Crippen LogP contribution in [0.3, 0.4) is 0 Å². The lowest BCUT2D eigenvalue weighted by molar-refractivity contribution is 0.0670. The van der Waals surface area contributed by atoms with Gasteiger partial charge in [0.2, 0.25) is 0 Å². The lowest BCUT2D eigenvalue weighted by atomic mass is 9.97. The third kappa shape index (κ3) is 3.84. The minimum atomic E-state index is -0.0652. The largest absolute Gasteiger partial charge is 0.352 e. The van der Waals surface area contributed by atoms with Crippen LogP contribution in [-0.2, 0) is 0 Å². The molecule has 1 saturated heterocycles. The van der Waals surface area contributed by atoms with Crippen molar-refractivity contribution in [1.82, 2.24) is 19.6 Å². The van der Waals surface area contributed by atoms with Gasteiger partial charge in [0.05, 0.1) is 5.56 Å². The number of amides is 2. The van der Waals surface area contributed by atoms with E-state index in [0.717, 1.165) is 25.0 Å². The number of pyridine rings is 1. The van der Waals surface area contributed by atoms with Crippen LogP contribution < -0.4 is 5.32 Å². The van der Waals surface area contributed by atoms with E-state index in [-0.39, 0.29) is 17.7 Å². The van der Waals surface area contributed by atoms with E-state index in [0.29, 0.717) is 24.2 Å². The van der Waals surface area contributed by atoms with Gasteiger partial charge in [0.1, 0.15) is 5.65 Å². The van der Waals surface area contributed by atoms with Crippen LogP contribution in [0, 0.1) is 5.92 Å². The second-order valence-corrected chi connectivity index (χ2v) is 6.95. The predicted molar refractivity (Wildman–Crippen MR) is 103 cm³/mol. The summed E-state index contributed by atoms with van der Waals surface area (Å²) in [6, 6.07) is 12.9. The van der Waals surface area contributed by atoms with E-state index in [1.807, 2.05) is 52.0 Å². The summed E-state index contributed by atoms with van der Waals surface area (Å²) in [6.45, 7) is 2.00. The number of nitrogens with one attached hydrogen (secondary N) is 1. The average molecular weight is 362 g/mol. The van der Waals surface area contributed by atoms with Gasteiger partial charge in [0, 0.05) is 43.8 Å². The zero-order valence-electron chi connectivity index (χ0n) is 15.0. The van der Waals surface area contributed by atoms with E-state index in [4.69, 9.17) is 0 Å². The summed E-state index contributed by atoms with van der Waals surface area (Å²) < 4.78 is 1.86. The Balaban J connectivity index is 1.37. The molecule has 1 aliphatic rings. The third-order valence-corrected chi connectivity index (χ3v) is 5.03. The van der Waals surface area contributed by atoms with E-state index < -0.39 is 0 Å². The summed E-state index contributed by atoms with van der Waals surface area (Å²) in [6.07, 6.45) is 7.34. The molecule has 1 fully saturated rings. The van der Waals surface area contributed by atoms with Gasteiger partial charge in [0.15, 0.2) is 0 Å². The molecule has 3 aromatic rings. The normalized spacial score (nSPS) is 17.0. The molecule has 0 radical (unpaired) electrons. The molecule has 1 atom stereocenters. The number of rotatable bonds is 4. The van der Waals surface area contributed by atoms with Gasteiger partial charge in [0.25, 0.3) is 11.8 Å². The summed E-state index contributed by atoms with van der Waals surface area (Å²) in [4.78, 5) is 31.2. The maximum absolute atomic E-state index is 12.9. The monoisotopic (exact) mass is 362 g/mol. The zero-order valence-corrected chi connectivity index (χ0v) is 15.0. The fourth-order valence-corrected chi connectivity index (χ4v) is 3.57. The number of piperidine rings is 1. The minimum Gasteiger partial charge on any atom is -0.352 e. The summed E-state index contributed by atoms with van der Waals surface area (Å²) >= 11 is 0. The van der Waals surface area contributed by atoms with Gasteiger partial charge in [-0.05, 0) is 43.0 Å². The number of benzene rings is 1. The highest BCUT2D eigenvalue weighted by Crippen LogP contribution is 2.19. The van der Waals surface area contributed by atoms with Crippen LogP contribution in [0.5, 0.6) is 0 Å². The van der Waals surface area contributed by atoms with Crippen LogP contribution in [0.25, 0.3) is 5.65 Å². The highest BCUT2D eigenvalue weighted by molar-refractivity contribution is 5.95. The number of aromatic nitrogens is 2. The second-order valence-electron chi connectivity index (χ2n) is 6.95. The molecule has 2 amide bonds. The highest BCUT2D eigenvalue weighted by atomic mass is 16.2. The Bertz CT molecular complexity index is 951. The van der Waals surface area contributed by atoms with E-state index in [2.05, 4.69) is 10.3 Å². The number of carbonyl (C=O) groups is 2. The van der Waals surface area contributed by atoms with Crippen LogP contribution in [-0.4, -0.2) is 45.7 Å². The van der Waals surface area contributed by atoms with Crippen LogP contribution in [0.4, 0.5) is 0 Å². The van der Waals surface area contributed by atoms with Crippen LogP contribution in [0.15, 0.2) is 61.1 Å². The molecule has 1 aromatic carbocycles. The van der Waals surface area contributed by atoms with Gasteiger partial charge < -0.3 is 14.6 Å². The van der Waals surface area contributed by atoms with Gasteiger partial charge in [-0.1, -0.05) is 18.2 Å². The minimum absolute atomic E-state index is 0.0321. The van der Waals surface area contributed by atoms with Crippen molar-refractivity contribution in [3.05, 3.63) is 72.2 Å². The van der Waals surface area contributed by atoms with Crippen molar-refractivity contribution < 1.29 is 9.59 Å². The van der Waals surface area contributed by atoms with Crippen molar-refractivity contribution in [1.29, 1.82) is 0 Å². The number of fused-ring (bicyclic) bond motifs is 1. The molecule has 0 aliphatic carbocycles. The topological polar surface area (TPSA) is 66.7 Å². The van der Waals surface area contributed by atoms with Crippen LogP contribution in [0.2, 0.25) is 0 Å². The summed E-state index contributed by atoms with van der Waals surface area (Å²) in [7, 11) is 0. The third-order valence-electron chi connectivity index (χ3n) is 5.03. The Kier molecular flexibility index (Phi) is 4.87. The number of hydrogen-bond acceptors (Lipinski definition) is 3. The first-order chi connectivity index (χ1) is 13.2. The van der Waals surface area contributed by atoms with Gasteiger partial charge in [-0.25, -0.2) is 4.98 Å². The number of carbonyl (C=O) groups excluding carboxylic acids is 2. The van der Waals surface area contributed by atoms with Crippen molar-refractivity contribution >= 4 is 17.5 Å². The molecule has 4 rings (SSSR count). The first-order valence-corrected chi connectivity index (χ1v) is 9.26. The molecule has 1 unspecified atom stereocenters. The summed E-state index contributed by atoms with van der Waals surface area (Å²) in [5, 5.41) is 3.00. The number of nitrogens with zero attached hydrogens (tertiary/aromatic N) is 3. The van der Waals surface area contributed by atoms with Gasteiger partial charge in [-0.3, -0.25) is 9.59 Å². The lowest BCUT2D eigenvalue weighted by Gasteiger charge is -2.33. The molecular formula is C21H22N4O2. The van der Waals surface area contributed by atoms with E-state index in [9.17, 15) is 9.59 Å².